The van der Waals surface area contributed by atoms with E-state index in [0.717, 1.165) is 51.4 Å². The van der Waals surface area contributed by atoms with E-state index in [1.54, 1.807) is 13.0 Å². The molecule has 0 saturated carbocycles. The summed E-state index contributed by atoms with van der Waals surface area (Å²) in [7, 11) is 0. The number of carbonyl (C=O) groups is 1. The number of unbranched alkanes of at least 4 members (excludes halogenated alkanes) is 2. The summed E-state index contributed by atoms with van der Waals surface area (Å²) in [6.45, 7) is 4.31. The van der Waals surface area contributed by atoms with Crippen molar-refractivity contribution in [3.8, 4) is 0 Å². The molecule has 0 aliphatic carbocycles. The third-order valence-corrected chi connectivity index (χ3v) is 3.57. The number of carboxylic acid groups (broad SMARTS) is 1. The Kier molecular flexibility index (Phi) is 18.3. The van der Waals surface area contributed by atoms with Gasteiger partial charge in [-0.25, -0.2) is 4.79 Å². The maximum Gasteiger partial charge on any atom is 0.370 e. The van der Waals surface area contributed by atoms with E-state index in [2.05, 4.69) is 67.7 Å². The van der Waals surface area contributed by atoms with E-state index >= 15 is 0 Å². The fourth-order valence-corrected chi connectivity index (χ4v) is 2.20. The zero-order valence-corrected chi connectivity index (χ0v) is 17.0. The number of ether oxygens (including phenoxy) is 1. The van der Waals surface area contributed by atoms with Crippen molar-refractivity contribution in [3.05, 3.63) is 72.6 Å². The minimum absolute atomic E-state index is 0.0567. The van der Waals surface area contributed by atoms with Gasteiger partial charge >= 0.3 is 5.97 Å². The van der Waals surface area contributed by atoms with Gasteiger partial charge in [-0.2, -0.15) is 0 Å². The molecule has 0 amide bonds. The summed E-state index contributed by atoms with van der Waals surface area (Å²) >= 11 is 0. The third kappa shape index (κ3) is 18.3. The maximum atomic E-state index is 10.9. The predicted octanol–water partition coefficient (Wildman–Crippen LogP) is 6.91. The van der Waals surface area contributed by atoms with Gasteiger partial charge in [0.15, 0.2) is 5.76 Å². The van der Waals surface area contributed by atoms with Crippen LogP contribution in [0, 0.1) is 0 Å². The number of hydrogen-bond donors (Lipinski definition) is 1. The standard InChI is InChI=1S/C24H36O3/c1-3-5-6-7-8-9-10-11-12-13-14-15-16-17-18-19-20-21-22-23(24(25)26)27-4-2/h5-6,8-9,11-12,14-15,17-18,22H,3-4,7,10,13,16,19-21H2,1-2H3,(H,25,26)/b6-5-,9-8-,12-11-,15-14-,18-17-,23-22+. The third-order valence-electron chi connectivity index (χ3n) is 3.57. The van der Waals surface area contributed by atoms with Crippen LogP contribution in [-0.4, -0.2) is 17.7 Å². The summed E-state index contributed by atoms with van der Waals surface area (Å²) in [4.78, 5) is 10.9. The average Bonchev–Trinajstić information content (AvgIpc) is 2.66. The van der Waals surface area contributed by atoms with E-state index in [1.165, 1.54) is 0 Å². The molecule has 0 saturated heterocycles. The normalized spacial score (nSPS) is 13.2. The smallest absolute Gasteiger partial charge is 0.370 e. The lowest BCUT2D eigenvalue weighted by Gasteiger charge is -2.02. The Labute approximate surface area is 165 Å². The van der Waals surface area contributed by atoms with E-state index < -0.39 is 5.97 Å². The van der Waals surface area contributed by atoms with Crippen LogP contribution in [-0.2, 0) is 9.53 Å². The Morgan fingerprint density at radius 3 is 1.67 bits per heavy atom. The molecule has 3 heteroatoms. The van der Waals surface area contributed by atoms with Gasteiger partial charge in [-0.15, -0.1) is 0 Å². The molecule has 0 aliphatic rings. The average molecular weight is 373 g/mol. The van der Waals surface area contributed by atoms with Gasteiger partial charge in [0.2, 0.25) is 0 Å². The molecule has 0 bridgehead atoms. The number of aliphatic carboxylic acids is 1. The van der Waals surface area contributed by atoms with Crippen LogP contribution in [0.5, 0.6) is 0 Å². The minimum atomic E-state index is -0.994. The van der Waals surface area contributed by atoms with Crippen LogP contribution in [0.15, 0.2) is 72.6 Å². The number of allylic oxidation sites excluding steroid dienone is 11. The molecule has 0 radical (unpaired) electrons. The van der Waals surface area contributed by atoms with Crippen molar-refractivity contribution in [3.63, 3.8) is 0 Å². The molecule has 0 aromatic rings. The lowest BCUT2D eigenvalue weighted by molar-refractivity contribution is -0.136. The van der Waals surface area contributed by atoms with E-state index in [4.69, 9.17) is 9.84 Å². The summed E-state index contributed by atoms with van der Waals surface area (Å²) in [5.41, 5.74) is 0. The largest absolute Gasteiger partial charge is 0.487 e. The topological polar surface area (TPSA) is 46.5 Å². The Morgan fingerprint density at radius 1 is 0.741 bits per heavy atom. The monoisotopic (exact) mass is 372 g/mol. The van der Waals surface area contributed by atoms with Crippen LogP contribution in [0.4, 0.5) is 0 Å². The fourth-order valence-electron chi connectivity index (χ4n) is 2.20. The first-order chi connectivity index (χ1) is 13.2. The number of carboxylic acids is 1. The summed E-state index contributed by atoms with van der Waals surface area (Å²) in [6, 6.07) is 0. The molecule has 3 nitrogen and oxygen atoms in total. The Morgan fingerprint density at radius 2 is 1.22 bits per heavy atom. The van der Waals surface area contributed by atoms with Crippen LogP contribution in [0.25, 0.3) is 0 Å². The molecule has 0 fully saturated rings. The molecule has 1 N–H and O–H groups in total. The molecule has 0 unspecified atom stereocenters. The van der Waals surface area contributed by atoms with Gasteiger partial charge in [-0.3, -0.25) is 0 Å². The highest BCUT2D eigenvalue weighted by Gasteiger charge is 2.05. The van der Waals surface area contributed by atoms with Gasteiger partial charge in [-0.05, 0) is 64.4 Å². The highest BCUT2D eigenvalue weighted by atomic mass is 16.5. The first kappa shape index (κ1) is 24.7. The Hall–Kier alpha value is -2.29. The summed E-state index contributed by atoms with van der Waals surface area (Å²) in [5, 5.41) is 8.92. The zero-order valence-electron chi connectivity index (χ0n) is 17.0. The van der Waals surface area contributed by atoms with Gasteiger partial charge in [0.05, 0.1) is 6.61 Å². The van der Waals surface area contributed by atoms with Crippen molar-refractivity contribution in [2.75, 3.05) is 6.61 Å². The van der Waals surface area contributed by atoms with Crippen LogP contribution in [0.1, 0.15) is 65.2 Å². The Balaban J connectivity index is 3.68. The van der Waals surface area contributed by atoms with Gasteiger partial charge in [0, 0.05) is 0 Å². The highest BCUT2D eigenvalue weighted by Crippen LogP contribution is 2.05. The first-order valence-electron chi connectivity index (χ1n) is 10.0. The van der Waals surface area contributed by atoms with Crippen molar-refractivity contribution >= 4 is 5.97 Å². The van der Waals surface area contributed by atoms with Crippen LogP contribution in [0.2, 0.25) is 0 Å². The SMILES string of the molecule is CC/C=C\C/C=C\C/C=C\C/C=C\C/C=C\CCC/C=C(/OCC)C(=O)O. The van der Waals surface area contributed by atoms with Gasteiger partial charge in [0.25, 0.3) is 0 Å². The van der Waals surface area contributed by atoms with Crippen molar-refractivity contribution < 1.29 is 14.6 Å². The molecule has 27 heavy (non-hydrogen) atoms. The van der Waals surface area contributed by atoms with Crippen molar-refractivity contribution in [2.45, 2.75) is 65.2 Å². The van der Waals surface area contributed by atoms with Gasteiger partial charge < -0.3 is 9.84 Å². The van der Waals surface area contributed by atoms with E-state index in [1.807, 2.05) is 0 Å². The molecule has 0 aliphatic heterocycles. The molecule has 150 valence electrons. The second-order valence-corrected chi connectivity index (χ2v) is 5.95. The number of hydrogen-bond acceptors (Lipinski definition) is 2. The molecule has 0 atom stereocenters. The quantitative estimate of drug-likeness (QED) is 0.138. The van der Waals surface area contributed by atoms with Crippen molar-refractivity contribution in [2.24, 2.45) is 0 Å². The second-order valence-electron chi connectivity index (χ2n) is 5.95. The molecular weight excluding hydrogens is 336 g/mol. The van der Waals surface area contributed by atoms with Gasteiger partial charge in [-0.1, -0.05) is 67.7 Å². The Bertz CT molecular complexity index is 534. The summed E-state index contributed by atoms with van der Waals surface area (Å²) in [6.07, 6.45) is 31.1. The lowest BCUT2D eigenvalue weighted by atomic mass is 10.2. The summed E-state index contributed by atoms with van der Waals surface area (Å²) in [5.74, 6) is -0.937. The molecule has 0 aromatic heterocycles. The van der Waals surface area contributed by atoms with Crippen molar-refractivity contribution in [1.29, 1.82) is 0 Å². The molecule has 0 spiro atoms. The zero-order chi connectivity index (χ0) is 20.0. The number of rotatable bonds is 16. The maximum absolute atomic E-state index is 10.9. The lowest BCUT2D eigenvalue weighted by Crippen LogP contribution is -2.04. The van der Waals surface area contributed by atoms with E-state index in [9.17, 15) is 4.79 Å². The fraction of sp³-hybridized carbons (Fsp3) is 0.458. The molecule has 0 aromatic carbocycles. The van der Waals surface area contributed by atoms with Crippen LogP contribution < -0.4 is 0 Å². The van der Waals surface area contributed by atoms with E-state index in [-0.39, 0.29) is 5.76 Å². The summed E-state index contributed by atoms with van der Waals surface area (Å²) < 4.78 is 5.06. The molecular formula is C24H36O3. The predicted molar refractivity (Wildman–Crippen MR) is 116 cm³/mol. The van der Waals surface area contributed by atoms with Crippen LogP contribution >= 0.6 is 0 Å². The second kappa shape index (κ2) is 20.0. The molecule has 0 rings (SSSR count). The first-order valence-corrected chi connectivity index (χ1v) is 10.0. The van der Waals surface area contributed by atoms with Crippen molar-refractivity contribution in [1.82, 2.24) is 0 Å². The van der Waals surface area contributed by atoms with Crippen LogP contribution in [0.3, 0.4) is 0 Å². The van der Waals surface area contributed by atoms with E-state index in [0.29, 0.717) is 6.61 Å². The minimum Gasteiger partial charge on any atom is -0.487 e. The highest BCUT2D eigenvalue weighted by molar-refractivity contribution is 5.84. The molecule has 0 heterocycles. The van der Waals surface area contributed by atoms with Gasteiger partial charge in [0.1, 0.15) is 0 Å².